The van der Waals surface area contributed by atoms with E-state index in [4.69, 9.17) is 4.74 Å². The minimum absolute atomic E-state index is 0.0424. The molecule has 0 aliphatic heterocycles. The fourth-order valence-electron chi connectivity index (χ4n) is 1.42. The summed E-state index contributed by atoms with van der Waals surface area (Å²) in [4.78, 5) is 14.4. The Balaban J connectivity index is 2.63. The molecule has 0 amide bonds. The van der Waals surface area contributed by atoms with Gasteiger partial charge in [0.25, 0.3) is 0 Å². The molecule has 0 radical (unpaired) electrons. The summed E-state index contributed by atoms with van der Waals surface area (Å²) < 4.78 is 4.95. The highest BCUT2D eigenvalue weighted by Gasteiger charge is 2.15. The van der Waals surface area contributed by atoms with Gasteiger partial charge in [-0.15, -0.1) is 0 Å². The van der Waals surface area contributed by atoms with Crippen LogP contribution in [-0.4, -0.2) is 36.7 Å². The molecule has 1 rings (SSSR count). The summed E-state index contributed by atoms with van der Waals surface area (Å²) in [5, 5.41) is 17.0. The number of nitro groups is 1. The fourth-order valence-corrected chi connectivity index (χ4v) is 1.42. The topological polar surface area (TPSA) is 89.3 Å². The predicted molar refractivity (Wildman–Crippen MR) is 69.1 cm³/mol. The highest BCUT2D eigenvalue weighted by atomic mass is 16.6. The Labute approximate surface area is 106 Å². The Hall–Kier alpha value is -1.89. The van der Waals surface area contributed by atoms with E-state index in [1.165, 1.54) is 19.2 Å². The van der Waals surface area contributed by atoms with Gasteiger partial charge in [0, 0.05) is 18.7 Å². The monoisotopic (exact) mass is 254 g/mol. The minimum atomic E-state index is -0.459. The second-order valence-corrected chi connectivity index (χ2v) is 3.61. The van der Waals surface area contributed by atoms with E-state index < -0.39 is 4.92 Å². The van der Waals surface area contributed by atoms with Gasteiger partial charge in [0.15, 0.2) is 0 Å². The summed E-state index contributed by atoms with van der Waals surface area (Å²) in [5.41, 5.74) is -0.0424. The van der Waals surface area contributed by atoms with E-state index in [0.717, 1.165) is 19.5 Å². The van der Waals surface area contributed by atoms with Gasteiger partial charge in [-0.2, -0.15) is 4.98 Å². The Morgan fingerprint density at radius 2 is 2.22 bits per heavy atom. The average Bonchev–Trinajstić information content (AvgIpc) is 2.38. The number of methoxy groups -OCH3 is 1. The van der Waals surface area contributed by atoms with Crippen molar-refractivity contribution in [2.24, 2.45) is 0 Å². The van der Waals surface area contributed by atoms with Gasteiger partial charge in [-0.3, -0.25) is 10.1 Å². The largest absolute Gasteiger partial charge is 0.481 e. The van der Waals surface area contributed by atoms with Crippen LogP contribution in [0, 0.1) is 10.1 Å². The van der Waals surface area contributed by atoms with Crippen molar-refractivity contribution in [3.8, 4) is 5.88 Å². The number of rotatable bonds is 8. The zero-order valence-corrected chi connectivity index (χ0v) is 10.6. The molecule has 1 heterocycles. The molecule has 0 aliphatic carbocycles. The summed E-state index contributed by atoms with van der Waals surface area (Å²) in [6, 6.07) is 2.86. The van der Waals surface area contributed by atoms with Crippen LogP contribution in [0.3, 0.4) is 0 Å². The molecule has 0 aromatic carbocycles. The van der Waals surface area contributed by atoms with Gasteiger partial charge < -0.3 is 15.4 Å². The van der Waals surface area contributed by atoms with Crippen molar-refractivity contribution in [2.75, 3.05) is 32.1 Å². The molecule has 0 spiro atoms. The molecule has 1 aromatic rings. The van der Waals surface area contributed by atoms with Crippen molar-refractivity contribution in [3.05, 3.63) is 22.2 Å². The third-order valence-electron chi connectivity index (χ3n) is 2.33. The van der Waals surface area contributed by atoms with E-state index in [2.05, 4.69) is 15.6 Å². The number of nitrogens with zero attached hydrogens (tertiary/aromatic N) is 2. The average molecular weight is 254 g/mol. The zero-order valence-electron chi connectivity index (χ0n) is 10.6. The first-order valence-corrected chi connectivity index (χ1v) is 5.83. The fraction of sp³-hybridized carbons (Fsp3) is 0.545. The number of hydrogen-bond donors (Lipinski definition) is 2. The molecule has 0 atom stereocenters. The number of nitrogens with one attached hydrogen (secondary N) is 2. The van der Waals surface area contributed by atoms with Crippen molar-refractivity contribution >= 4 is 11.5 Å². The van der Waals surface area contributed by atoms with Crippen LogP contribution >= 0.6 is 0 Å². The number of ether oxygens (including phenoxy) is 1. The molecule has 7 heteroatoms. The quantitative estimate of drug-likeness (QED) is 0.414. The van der Waals surface area contributed by atoms with Gasteiger partial charge in [0.1, 0.15) is 0 Å². The maximum atomic E-state index is 10.8. The number of anilines is 1. The highest BCUT2D eigenvalue weighted by Crippen LogP contribution is 2.24. The van der Waals surface area contributed by atoms with Crippen LogP contribution in [0.2, 0.25) is 0 Å². The second-order valence-electron chi connectivity index (χ2n) is 3.61. The minimum Gasteiger partial charge on any atom is -0.481 e. The SMILES string of the molecule is CCNCCCNc1nc(OC)ccc1[N+](=O)[O-]. The number of aromatic nitrogens is 1. The van der Waals surface area contributed by atoms with Crippen LogP contribution in [0.1, 0.15) is 13.3 Å². The highest BCUT2D eigenvalue weighted by molar-refractivity contribution is 5.56. The van der Waals surface area contributed by atoms with E-state index in [1.54, 1.807) is 0 Å². The normalized spacial score (nSPS) is 10.1. The Bertz CT molecular complexity index is 398. The summed E-state index contributed by atoms with van der Waals surface area (Å²) in [6.07, 6.45) is 0.865. The number of pyridine rings is 1. The summed E-state index contributed by atoms with van der Waals surface area (Å²) in [6.45, 7) is 4.43. The van der Waals surface area contributed by atoms with Crippen LogP contribution in [0.25, 0.3) is 0 Å². The molecule has 0 aliphatic rings. The van der Waals surface area contributed by atoms with Crippen molar-refractivity contribution in [1.29, 1.82) is 0 Å². The molecule has 0 unspecified atom stereocenters. The molecule has 0 saturated heterocycles. The van der Waals surface area contributed by atoms with Crippen molar-refractivity contribution in [1.82, 2.24) is 10.3 Å². The van der Waals surface area contributed by atoms with Crippen molar-refractivity contribution in [2.45, 2.75) is 13.3 Å². The van der Waals surface area contributed by atoms with Crippen LogP contribution in [0.5, 0.6) is 5.88 Å². The van der Waals surface area contributed by atoms with Crippen LogP contribution < -0.4 is 15.4 Å². The van der Waals surface area contributed by atoms with Gasteiger partial charge in [-0.1, -0.05) is 6.92 Å². The first-order chi connectivity index (χ1) is 8.69. The molecule has 0 bridgehead atoms. The molecule has 1 aromatic heterocycles. The Morgan fingerprint density at radius 1 is 1.44 bits per heavy atom. The molecular formula is C11H18N4O3. The molecule has 100 valence electrons. The first kappa shape index (κ1) is 14.2. The van der Waals surface area contributed by atoms with Crippen LogP contribution in [0.4, 0.5) is 11.5 Å². The van der Waals surface area contributed by atoms with E-state index in [9.17, 15) is 10.1 Å². The summed E-state index contributed by atoms with van der Waals surface area (Å²) in [7, 11) is 1.48. The molecule has 0 fully saturated rings. The molecule has 7 nitrogen and oxygen atoms in total. The Kier molecular flexibility index (Phi) is 5.86. The van der Waals surface area contributed by atoms with Gasteiger partial charge >= 0.3 is 5.69 Å². The third-order valence-corrected chi connectivity index (χ3v) is 2.33. The maximum Gasteiger partial charge on any atom is 0.311 e. The molecule has 0 saturated carbocycles. The summed E-state index contributed by atoms with van der Waals surface area (Å²) >= 11 is 0. The van der Waals surface area contributed by atoms with Crippen molar-refractivity contribution in [3.63, 3.8) is 0 Å². The molecule has 2 N–H and O–H groups in total. The molecular weight excluding hydrogens is 236 g/mol. The Morgan fingerprint density at radius 3 is 2.83 bits per heavy atom. The van der Waals surface area contributed by atoms with E-state index in [-0.39, 0.29) is 11.5 Å². The maximum absolute atomic E-state index is 10.8. The lowest BCUT2D eigenvalue weighted by atomic mass is 10.3. The third kappa shape index (κ3) is 4.17. The predicted octanol–water partition coefficient (Wildman–Crippen LogP) is 1.41. The first-order valence-electron chi connectivity index (χ1n) is 5.83. The van der Waals surface area contributed by atoms with Gasteiger partial charge in [0.2, 0.25) is 11.7 Å². The lowest BCUT2D eigenvalue weighted by Gasteiger charge is -2.07. The lowest BCUT2D eigenvalue weighted by Crippen LogP contribution is -2.17. The summed E-state index contributed by atoms with van der Waals surface area (Å²) in [5.74, 6) is 0.602. The number of hydrogen-bond acceptors (Lipinski definition) is 6. The smallest absolute Gasteiger partial charge is 0.311 e. The van der Waals surface area contributed by atoms with E-state index >= 15 is 0 Å². The van der Waals surface area contributed by atoms with Gasteiger partial charge in [-0.05, 0) is 19.5 Å². The van der Waals surface area contributed by atoms with E-state index in [1.807, 2.05) is 6.92 Å². The lowest BCUT2D eigenvalue weighted by molar-refractivity contribution is -0.384. The molecule has 18 heavy (non-hydrogen) atoms. The zero-order chi connectivity index (χ0) is 13.4. The van der Waals surface area contributed by atoms with Crippen LogP contribution in [0.15, 0.2) is 12.1 Å². The van der Waals surface area contributed by atoms with Crippen molar-refractivity contribution < 1.29 is 9.66 Å². The second kappa shape index (κ2) is 7.44. The van der Waals surface area contributed by atoms with E-state index in [0.29, 0.717) is 12.4 Å². The van der Waals surface area contributed by atoms with Gasteiger partial charge in [0.05, 0.1) is 12.0 Å². The van der Waals surface area contributed by atoms with Gasteiger partial charge in [-0.25, -0.2) is 0 Å². The standard InChI is InChI=1S/C11H18N4O3/c1-3-12-7-4-8-13-11-9(15(16)17)5-6-10(14-11)18-2/h5-6,12H,3-4,7-8H2,1-2H3,(H,13,14). The van der Waals surface area contributed by atoms with Crippen LogP contribution in [-0.2, 0) is 0 Å².